The third-order valence-electron chi connectivity index (χ3n) is 10.4. The Kier molecular flexibility index (Phi) is 10.8. The van der Waals surface area contributed by atoms with Gasteiger partial charge in [-0.25, -0.2) is 19.6 Å². The highest BCUT2D eigenvalue weighted by atomic mass is 16.5. The van der Waals surface area contributed by atoms with Gasteiger partial charge in [-0.15, -0.1) is 0 Å². The zero-order valence-corrected chi connectivity index (χ0v) is 31.3. The summed E-state index contributed by atoms with van der Waals surface area (Å²) in [5.74, 6) is 0.989. The number of nitrogens with one attached hydrogen (secondary N) is 4. The predicted molar refractivity (Wildman–Crippen MR) is 204 cm³/mol. The van der Waals surface area contributed by atoms with E-state index in [0.717, 1.165) is 76.1 Å². The number of likely N-dealkylation sites (tertiary alicyclic amines) is 2. The minimum atomic E-state index is -0.690. The van der Waals surface area contributed by atoms with Gasteiger partial charge in [0, 0.05) is 35.8 Å². The van der Waals surface area contributed by atoms with Gasteiger partial charge >= 0.3 is 12.2 Å². The number of methoxy groups -OCH3 is 2. The summed E-state index contributed by atoms with van der Waals surface area (Å²) in [6.07, 6.45) is 7.42. The Labute approximate surface area is 318 Å². The first-order chi connectivity index (χ1) is 26.6. The van der Waals surface area contributed by atoms with E-state index in [1.165, 1.54) is 14.2 Å². The van der Waals surface area contributed by atoms with E-state index in [-0.39, 0.29) is 36.4 Å². The molecule has 2 saturated heterocycles. The number of hydrogen-bond acceptors (Lipinski definition) is 9. The maximum absolute atomic E-state index is 13.5. The Morgan fingerprint density at radius 3 is 2.00 bits per heavy atom. The first-order valence-electron chi connectivity index (χ1n) is 18.5. The normalized spacial score (nSPS) is 17.4. The largest absolute Gasteiger partial charge is 0.453 e. The summed E-state index contributed by atoms with van der Waals surface area (Å²) < 4.78 is 9.33. The summed E-state index contributed by atoms with van der Waals surface area (Å²) in [6, 6.07) is 15.3. The molecule has 15 nitrogen and oxygen atoms in total. The van der Waals surface area contributed by atoms with Crippen molar-refractivity contribution in [2.45, 2.75) is 57.7 Å². The van der Waals surface area contributed by atoms with Crippen LogP contribution in [0.15, 0.2) is 67.1 Å². The van der Waals surface area contributed by atoms with E-state index in [4.69, 9.17) is 9.72 Å². The number of fused-ring (bicyclic) bond motifs is 1. The van der Waals surface area contributed by atoms with Gasteiger partial charge in [0.25, 0.3) is 0 Å². The molecule has 55 heavy (non-hydrogen) atoms. The molecule has 15 heteroatoms. The highest BCUT2D eigenvalue weighted by molar-refractivity contribution is 5.88. The molecule has 0 unspecified atom stereocenters. The second kappa shape index (κ2) is 16.0. The fraction of sp³-hybridized carbons (Fsp3) is 0.375. The zero-order valence-electron chi connectivity index (χ0n) is 31.3. The van der Waals surface area contributed by atoms with Crippen LogP contribution in [-0.2, 0) is 19.1 Å². The predicted octanol–water partition coefficient (Wildman–Crippen LogP) is 5.75. The SMILES string of the molecule is COC(=O)NCC(=O)N1CCC[C@H]1c1ncc(-c2ccc3cc(-c4ccc(-c5cnc([C@@H]6CCCN6C(=O)[C@@H](NC(=O)OC)C(C)C)[nH]5)cc4)cnc3c2)[nH]1. The van der Waals surface area contributed by atoms with E-state index < -0.39 is 18.2 Å². The van der Waals surface area contributed by atoms with Gasteiger partial charge in [-0.3, -0.25) is 14.6 Å². The van der Waals surface area contributed by atoms with Crippen molar-refractivity contribution in [3.63, 3.8) is 0 Å². The lowest BCUT2D eigenvalue weighted by molar-refractivity contribution is -0.135. The fourth-order valence-corrected chi connectivity index (χ4v) is 7.46. The van der Waals surface area contributed by atoms with Crippen molar-refractivity contribution < 1.29 is 28.7 Å². The van der Waals surface area contributed by atoms with Gasteiger partial charge in [-0.2, -0.15) is 0 Å². The number of hydrogen-bond donors (Lipinski definition) is 4. The van der Waals surface area contributed by atoms with Crippen molar-refractivity contribution >= 4 is 34.9 Å². The number of rotatable bonds is 10. The molecule has 7 rings (SSSR count). The van der Waals surface area contributed by atoms with Gasteiger partial charge in [0.05, 0.1) is 55.6 Å². The van der Waals surface area contributed by atoms with Gasteiger partial charge in [-0.05, 0) is 54.9 Å². The summed E-state index contributed by atoms with van der Waals surface area (Å²) in [7, 11) is 2.55. The molecular weight excluding hydrogens is 702 g/mol. The van der Waals surface area contributed by atoms with Crippen LogP contribution in [0.25, 0.3) is 44.5 Å². The molecule has 3 atom stereocenters. The summed E-state index contributed by atoms with van der Waals surface area (Å²) in [4.78, 5) is 74.2. The maximum Gasteiger partial charge on any atom is 0.407 e. The average molecular weight is 748 g/mol. The van der Waals surface area contributed by atoms with Crippen LogP contribution in [0.1, 0.15) is 63.3 Å². The molecule has 286 valence electrons. The molecule has 5 heterocycles. The molecule has 2 fully saturated rings. The smallest absolute Gasteiger partial charge is 0.407 e. The van der Waals surface area contributed by atoms with E-state index in [2.05, 4.69) is 53.5 Å². The van der Waals surface area contributed by atoms with Crippen molar-refractivity contribution in [3.8, 4) is 33.6 Å². The summed E-state index contributed by atoms with van der Waals surface area (Å²) in [5.41, 5.74) is 6.41. The van der Waals surface area contributed by atoms with Crippen molar-refractivity contribution in [1.29, 1.82) is 0 Å². The Morgan fingerprint density at radius 2 is 1.35 bits per heavy atom. The third-order valence-corrected chi connectivity index (χ3v) is 10.4. The molecule has 0 saturated carbocycles. The maximum atomic E-state index is 13.5. The molecular formula is C40H45N9O6. The van der Waals surface area contributed by atoms with Crippen molar-refractivity contribution in [1.82, 2.24) is 45.4 Å². The number of H-pyrrole nitrogens is 2. The number of alkyl carbamates (subject to hydrolysis) is 2. The molecule has 0 spiro atoms. The van der Waals surface area contributed by atoms with E-state index in [0.29, 0.717) is 18.9 Å². The molecule has 0 radical (unpaired) electrons. The topological polar surface area (TPSA) is 188 Å². The second-order valence-electron chi connectivity index (χ2n) is 14.2. The van der Waals surface area contributed by atoms with E-state index in [1.807, 2.05) is 50.4 Å². The standard InChI is InChI=1S/C40H45N9O6/c1-23(2)35(47-40(53)55-4)38(51)49-16-6-8-33(49)37-42-20-30(45-37)25-11-9-24(10-12-25)28-17-26-13-14-27(18-29(26)41-19-28)31-21-43-36(46-31)32-7-5-15-48(32)34(50)22-44-39(52)54-3/h9-14,17-21,23,32-33,35H,5-8,15-16,22H2,1-4H3,(H,42,45)(H,43,46)(H,44,52)(H,47,53)/t32-,33-,35-/m0/s1. The first-order valence-corrected chi connectivity index (χ1v) is 18.5. The lowest BCUT2D eigenvalue weighted by atomic mass is 10.0. The van der Waals surface area contributed by atoms with E-state index >= 15 is 0 Å². The number of aromatic nitrogens is 5. The van der Waals surface area contributed by atoms with Crippen LogP contribution in [0.3, 0.4) is 0 Å². The summed E-state index contributed by atoms with van der Waals surface area (Å²) in [6.45, 7) is 4.85. The van der Waals surface area contributed by atoms with Crippen molar-refractivity contribution in [2.75, 3.05) is 33.9 Å². The van der Waals surface area contributed by atoms with Crippen molar-refractivity contribution in [2.24, 2.45) is 5.92 Å². The zero-order chi connectivity index (χ0) is 38.6. The molecule has 0 bridgehead atoms. The van der Waals surface area contributed by atoms with Crippen LogP contribution in [0.2, 0.25) is 0 Å². The number of imidazole rings is 2. The van der Waals surface area contributed by atoms with Crippen LogP contribution >= 0.6 is 0 Å². The fourth-order valence-electron chi connectivity index (χ4n) is 7.46. The minimum Gasteiger partial charge on any atom is -0.453 e. The quantitative estimate of drug-likeness (QED) is 0.138. The van der Waals surface area contributed by atoms with Gasteiger partial charge in [0.1, 0.15) is 24.2 Å². The van der Waals surface area contributed by atoms with Gasteiger partial charge < -0.3 is 39.9 Å². The highest BCUT2D eigenvalue weighted by Gasteiger charge is 2.37. The second-order valence-corrected chi connectivity index (χ2v) is 14.2. The Morgan fingerprint density at radius 1 is 0.745 bits per heavy atom. The van der Waals surface area contributed by atoms with Crippen molar-refractivity contribution in [3.05, 3.63) is 78.8 Å². The van der Waals surface area contributed by atoms with E-state index in [9.17, 15) is 19.2 Å². The first kappa shape index (κ1) is 37.1. The number of carbonyl (C=O) groups is 4. The van der Waals surface area contributed by atoms with Gasteiger partial charge in [0.2, 0.25) is 11.8 Å². The Balaban J connectivity index is 1.02. The lowest BCUT2D eigenvalue weighted by Gasteiger charge is -2.30. The minimum absolute atomic E-state index is 0.107. The monoisotopic (exact) mass is 747 g/mol. The molecule has 2 aromatic carbocycles. The summed E-state index contributed by atoms with van der Waals surface area (Å²) >= 11 is 0. The number of amides is 4. The molecule has 2 aliphatic heterocycles. The van der Waals surface area contributed by atoms with Crippen LogP contribution in [0.4, 0.5) is 9.59 Å². The number of pyridine rings is 1. The van der Waals surface area contributed by atoms with Crippen LogP contribution in [0.5, 0.6) is 0 Å². The number of benzene rings is 2. The lowest BCUT2D eigenvalue weighted by Crippen LogP contribution is -2.51. The van der Waals surface area contributed by atoms with Crippen LogP contribution in [0, 0.1) is 5.92 Å². The molecule has 5 aromatic rings. The molecule has 3 aromatic heterocycles. The molecule has 0 aliphatic carbocycles. The van der Waals surface area contributed by atoms with Crippen LogP contribution < -0.4 is 10.6 Å². The van der Waals surface area contributed by atoms with E-state index in [1.54, 1.807) is 22.2 Å². The summed E-state index contributed by atoms with van der Waals surface area (Å²) in [5, 5.41) is 6.14. The number of carbonyl (C=O) groups excluding carboxylic acids is 4. The highest BCUT2D eigenvalue weighted by Crippen LogP contribution is 2.35. The average Bonchev–Trinajstić information content (AvgIpc) is 4.05. The number of ether oxygens (including phenoxy) is 2. The van der Waals surface area contributed by atoms with Gasteiger partial charge in [-0.1, -0.05) is 50.2 Å². The Bertz CT molecular complexity index is 2200. The van der Waals surface area contributed by atoms with Gasteiger partial charge in [0.15, 0.2) is 0 Å². The Hall–Kier alpha value is -6.25. The van der Waals surface area contributed by atoms with Crippen LogP contribution in [-0.4, -0.2) is 98.6 Å². The molecule has 2 aliphatic rings. The molecule has 4 amide bonds. The third kappa shape index (κ3) is 7.86. The number of nitrogens with zero attached hydrogens (tertiary/aromatic N) is 5. The number of aromatic amines is 2. The molecule has 4 N–H and O–H groups in total.